The number of para-hydroxylation sites is 1. The average Bonchev–Trinajstić information content (AvgIpc) is 3.38. The number of amides is 1. The molecule has 8 heteroatoms. The highest BCUT2D eigenvalue weighted by atomic mass is 32.1. The van der Waals surface area contributed by atoms with Gasteiger partial charge in [0, 0.05) is 18.4 Å². The fourth-order valence-electron chi connectivity index (χ4n) is 2.91. The van der Waals surface area contributed by atoms with Crippen molar-refractivity contribution < 1.29 is 14.1 Å². The van der Waals surface area contributed by atoms with Crippen LogP contribution in [0, 0.1) is 0 Å². The van der Waals surface area contributed by atoms with E-state index in [9.17, 15) is 4.79 Å². The van der Waals surface area contributed by atoms with Gasteiger partial charge in [0.05, 0.1) is 11.8 Å². The standard InChI is InChI=1S/C21H20N4O3S/c1-3-13-7-9-14(10-8-13)20-23-18(28-25-20)12-11-17(26)22-21-24-19-15(27-2)5-4-6-16(19)29-21/h4-10H,3,11-12H2,1-2H3,(H,22,24,26). The Morgan fingerprint density at radius 3 is 2.76 bits per heavy atom. The molecule has 4 aromatic rings. The van der Waals surface area contributed by atoms with Crippen molar-refractivity contribution in [2.24, 2.45) is 0 Å². The molecule has 2 heterocycles. The number of aromatic nitrogens is 3. The second-order valence-electron chi connectivity index (χ2n) is 6.44. The van der Waals surface area contributed by atoms with Crippen molar-refractivity contribution in [2.45, 2.75) is 26.2 Å². The van der Waals surface area contributed by atoms with Crippen LogP contribution in [0.4, 0.5) is 5.13 Å². The normalized spacial score (nSPS) is 11.0. The minimum Gasteiger partial charge on any atom is -0.494 e. The van der Waals surface area contributed by atoms with E-state index in [0.717, 1.165) is 22.2 Å². The van der Waals surface area contributed by atoms with E-state index in [2.05, 4.69) is 27.4 Å². The van der Waals surface area contributed by atoms with Gasteiger partial charge in [0.1, 0.15) is 11.3 Å². The number of carbonyl (C=O) groups is 1. The van der Waals surface area contributed by atoms with Gasteiger partial charge in [-0.2, -0.15) is 4.98 Å². The number of carbonyl (C=O) groups excluding carboxylic acids is 1. The van der Waals surface area contributed by atoms with Gasteiger partial charge in [0.2, 0.25) is 17.6 Å². The maximum absolute atomic E-state index is 12.3. The first-order valence-electron chi connectivity index (χ1n) is 9.31. The molecule has 2 aromatic heterocycles. The molecule has 7 nitrogen and oxygen atoms in total. The molecular weight excluding hydrogens is 388 g/mol. The highest BCUT2D eigenvalue weighted by Crippen LogP contribution is 2.32. The summed E-state index contributed by atoms with van der Waals surface area (Å²) >= 11 is 1.41. The number of nitrogens with zero attached hydrogens (tertiary/aromatic N) is 3. The molecule has 148 valence electrons. The first kappa shape index (κ1) is 19.1. The maximum Gasteiger partial charge on any atom is 0.227 e. The van der Waals surface area contributed by atoms with Gasteiger partial charge in [-0.1, -0.05) is 53.7 Å². The van der Waals surface area contributed by atoms with Crippen LogP contribution in [-0.2, 0) is 17.6 Å². The first-order chi connectivity index (χ1) is 14.2. The summed E-state index contributed by atoms with van der Waals surface area (Å²) < 4.78 is 11.5. The van der Waals surface area contributed by atoms with Gasteiger partial charge in [-0.05, 0) is 24.1 Å². The predicted molar refractivity (Wildman–Crippen MR) is 112 cm³/mol. The quantitative estimate of drug-likeness (QED) is 0.485. The number of hydrogen-bond donors (Lipinski definition) is 1. The predicted octanol–water partition coefficient (Wildman–Crippen LogP) is 4.49. The number of fused-ring (bicyclic) bond motifs is 1. The highest BCUT2D eigenvalue weighted by Gasteiger charge is 2.13. The molecular formula is C21H20N4O3S. The van der Waals surface area contributed by atoms with E-state index in [0.29, 0.717) is 29.0 Å². The smallest absolute Gasteiger partial charge is 0.227 e. The zero-order valence-electron chi connectivity index (χ0n) is 16.1. The summed E-state index contributed by atoms with van der Waals surface area (Å²) in [7, 11) is 1.60. The largest absolute Gasteiger partial charge is 0.494 e. The summed E-state index contributed by atoms with van der Waals surface area (Å²) in [5, 5.41) is 7.38. The van der Waals surface area contributed by atoms with Gasteiger partial charge >= 0.3 is 0 Å². The second kappa shape index (κ2) is 8.40. The lowest BCUT2D eigenvalue weighted by Gasteiger charge is -1.99. The summed E-state index contributed by atoms with van der Waals surface area (Å²) in [6.07, 6.45) is 1.57. The molecule has 0 saturated heterocycles. The number of ether oxygens (including phenoxy) is 1. The average molecular weight is 408 g/mol. The van der Waals surface area contributed by atoms with E-state index < -0.39 is 0 Å². The van der Waals surface area contributed by atoms with Crippen molar-refractivity contribution in [2.75, 3.05) is 12.4 Å². The van der Waals surface area contributed by atoms with E-state index in [1.54, 1.807) is 7.11 Å². The van der Waals surface area contributed by atoms with Crippen LogP contribution in [0.1, 0.15) is 24.8 Å². The number of aryl methyl sites for hydroxylation is 2. The minimum absolute atomic E-state index is 0.157. The van der Waals surface area contributed by atoms with E-state index in [1.165, 1.54) is 16.9 Å². The van der Waals surface area contributed by atoms with Gasteiger partial charge < -0.3 is 14.6 Å². The van der Waals surface area contributed by atoms with Gasteiger partial charge in [0.15, 0.2) is 5.13 Å². The van der Waals surface area contributed by atoms with Crippen molar-refractivity contribution in [3.8, 4) is 17.1 Å². The summed E-state index contributed by atoms with van der Waals surface area (Å²) in [6.45, 7) is 2.11. The third-order valence-electron chi connectivity index (χ3n) is 4.50. The Balaban J connectivity index is 1.37. The van der Waals surface area contributed by atoms with E-state index >= 15 is 0 Å². The number of benzene rings is 2. The Bertz CT molecular complexity index is 1130. The lowest BCUT2D eigenvalue weighted by Crippen LogP contribution is -2.12. The van der Waals surface area contributed by atoms with Crippen molar-refractivity contribution >= 4 is 32.6 Å². The van der Waals surface area contributed by atoms with Gasteiger partial charge in [-0.3, -0.25) is 4.79 Å². The van der Waals surface area contributed by atoms with Crippen LogP contribution < -0.4 is 10.1 Å². The van der Waals surface area contributed by atoms with Crippen molar-refractivity contribution in [3.05, 3.63) is 53.9 Å². The second-order valence-corrected chi connectivity index (χ2v) is 7.47. The van der Waals surface area contributed by atoms with E-state index in [4.69, 9.17) is 9.26 Å². The van der Waals surface area contributed by atoms with Gasteiger partial charge in [0.25, 0.3) is 0 Å². The molecule has 0 aliphatic carbocycles. The van der Waals surface area contributed by atoms with Crippen LogP contribution >= 0.6 is 11.3 Å². The van der Waals surface area contributed by atoms with Gasteiger partial charge in [-0.25, -0.2) is 4.98 Å². The van der Waals surface area contributed by atoms with Crippen molar-refractivity contribution in [1.29, 1.82) is 0 Å². The number of hydrogen-bond acceptors (Lipinski definition) is 7. The SMILES string of the molecule is CCc1ccc(-c2noc(CCC(=O)Nc3nc4c(OC)cccc4s3)n2)cc1. The molecule has 0 fully saturated rings. The summed E-state index contributed by atoms with van der Waals surface area (Å²) in [6, 6.07) is 13.7. The Hall–Kier alpha value is -3.26. The molecule has 0 saturated carbocycles. The monoisotopic (exact) mass is 408 g/mol. The maximum atomic E-state index is 12.3. The molecule has 1 amide bonds. The summed E-state index contributed by atoms with van der Waals surface area (Å²) in [4.78, 5) is 21.1. The number of nitrogens with one attached hydrogen (secondary N) is 1. The molecule has 0 spiro atoms. The molecule has 0 aliphatic rings. The lowest BCUT2D eigenvalue weighted by molar-refractivity contribution is -0.116. The Kier molecular flexibility index (Phi) is 5.53. The van der Waals surface area contributed by atoms with Crippen LogP contribution in [0.15, 0.2) is 47.0 Å². The van der Waals surface area contributed by atoms with Crippen LogP contribution in [0.25, 0.3) is 21.6 Å². The van der Waals surface area contributed by atoms with Crippen molar-refractivity contribution in [3.63, 3.8) is 0 Å². The van der Waals surface area contributed by atoms with Crippen LogP contribution in [-0.4, -0.2) is 28.1 Å². The van der Waals surface area contributed by atoms with Crippen LogP contribution in [0.2, 0.25) is 0 Å². The van der Waals surface area contributed by atoms with Crippen LogP contribution in [0.3, 0.4) is 0 Å². The van der Waals surface area contributed by atoms with Gasteiger partial charge in [-0.15, -0.1) is 0 Å². The zero-order chi connectivity index (χ0) is 20.2. The lowest BCUT2D eigenvalue weighted by atomic mass is 10.1. The zero-order valence-corrected chi connectivity index (χ0v) is 17.0. The molecule has 0 aliphatic heterocycles. The molecule has 0 radical (unpaired) electrons. The van der Waals surface area contributed by atoms with E-state index in [-0.39, 0.29) is 12.3 Å². The Morgan fingerprint density at radius 1 is 1.17 bits per heavy atom. The minimum atomic E-state index is -0.157. The molecule has 29 heavy (non-hydrogen) atoms. The molecule has 0 atom stereocenters. The first-order valence-corrected chi connectivity index (χ1v) is 10.1. The fraction of sp³-hybridized carbons (Fsp3) is 0.238. The van der Waals surface area contributed by atoms with E-state index in [1.807, 2.05) is 42.5 Å². The highest BCUT2D eigenvalue weighted by molar-refractivity contribution is 7.22. The number of rotatable bonds is 7. The fourth-order valence-corrected chi connectivity index (χ4v) is 3.81. The molecule has 2 aromatic carbocycles. The molecule has 0 unspecified atom stereocenters. The Morgan fingerprint density at radius 2 is 2.00 bits per heavy atom. The number of anilines is 1. The molecule has 0 bridgehead atoms. The topological polar surface area (TPSA) is 90.1 Å². The number of thiazole rings is 1. The number of methoxy groups -OCH3 is 1. The third kappa shape index (κ3) is 4.27. The summed E-state index contributed by atoms with van der Waals surface area (Å²) in [5.74, 6) is 1.49. The molecule has 4 rings (SSSR count). The van der Waals surface area contributed by atoms with Crippen molar-refractivity contribution in [1.82, 2.24) is 15.1 Å². The summed E-state index contributed by atoms with van der Waals surface area (Å²) in [5.41, 5.74) is 2.89. The van der Waals surface area contributed by atoms with Crippen LogP contribution in [0.5, 0.6) is 5.75 Å². The molecule has 1 N–H and O–H groups in total. The Labute approximate surface area is 171 Å². The third-order valence-corrected chi connectivity index (χ3v) is 5.44.